The van der Waals surface area contributed by atoms with E-state index in [0.717, 1.165) is 16.8 Å². The van der Waals surface area contributed by atoms with Gasteiger partial charge in [-0.25, -0.2) is 9.55 Å². The van der Waals surface area contributed by atoms with Crippen LogP contribution in [0.1, 0.15) is 34.1 Å². The molecule has 3 N–H and O–H groups in total. The lowest BCUT2D eigenvalue weighted by Crippen LogP contribution is -2.24. The molecule has 0 aliphatic carbocycles. The van der Waals surface area contributed by atoms with Gasteiger partial charge in [0.15, 0.2) is 0 Å². The molecule has 0 saturated heterocycles. The summed E-state index contributed by atoms with van der Waals surface area (Å²) >= 11 is 0. The number of fused-ring (bicyclic) bond motifs is 2. The van der Waals surface area contributed by atoms with E-state index >= 15 is 0 Å². The number of hydrogen-bond donors (Lipinski definition) is 2. The highest BCUT2D eigenvalue weighted by Gasteiger charge is 2.25. The van der Waals surface area contributed by atoms with Crippen molar-refractivity contribution in [1.82, 2.24) is 19.5 Å². The van der Waals surface area contributed by atoms with E-state index in [1.807, 2.05) is 31.2 Å². The van der Waals surface area contributed by atoms with Crippen molar-refractivity contribution in [2.24, 2.45) is 5.73 Å². The van der Waals surface area contributed by atoms with Crippen LogP contribution >= 0.6 is 0 Å². The van der Waals surface area contributed by atoms with Crippen LogP contribution < -0.4 is 15.8 Å². The van der Waals surface area contributed by atoms with Crippen LogP contribution in [0.25, 0.3) is 17.0 Å². The molecule has 4 aromatic rings. The Morgan fingerprint density at radius 3 is 2.76 bits per heavy atom. The summed E-state index contributed by atoms with van der Waals surface area (Å²) in [5.74, 6) is 0.538. The number of nitrogens with zero attached hydrogens (tertiary/aromatic N) is 4. The number of primary amides is 1. The van der Waals surface area contributed by atoms with E-state index in [0.29, 0.717) is 47.9 Å². The van der Waals surface area contributed by atoms with E-state index in [2.05, 4.69) is 22.4 Å². The van der Waals surface area contributed by atoms with Crippen LogP contribution in [0.15, 0.2) is 48.5 Å². The molecule has 168 valence electrons. The van der Waals surface area contributed by atoms with E-state index in [1.165, 1.54) is 7.11 Å². The second kappa shape index (κ2) is 8.51. The molecule has 1 aliphatic rings. The summed E-state index contributed by atoms with van der Waals surface area (Å²) in [4.78, 5) is 26.1. The van der Waals surface area contributed by atoms with Crippen LogP contribution in [0.2, 0.25) is 0 Å². The minimum Gasteiger partial charge on any atom is -0.468 e. The molecule has 9 nitrogen and oxygen atoms in total. The number of nitrogens with two attached hydrogens (primary N) is 1. The summed E-state index contributed by atoms with van der Waals surface area (Å²) in [6, 6.07) is 15.6. The van der Waals surface area contributed by atoms with Crippen molar-refractivity contribution in [2.75, 3.05) is 12.4 Å². The van der Waals surface area contributed by atoms with E-state index in [-0.39, 0.29) is 12.1 Å². The highest BCUT2D eigenvalue weighted by atomic mass is 16.5. The van der Waals surface area contributed by atoms with Crippen molar-refractivity contribution in [1.29, 1.82) is 0 Å². The fourth-order valence-corrected chi connectivity index (χ4v) is 4.03. The first-order valence-corrected chi connectivity index (χ1v) is 10.7. The lowest BCUT2D eigenvalue weighted by atomic mass is 10.1. The van der Waals surface area contributed by atoms with Crippen molar-refractivity contribution >= 4 is 22.8 Å². The average Bonchev–Trinajstić information content (AvgIpc) is 3.21. The Morgan fingerprint density at radius 1 is 1.18 bits per heavy atom. The summed E-state index contributed by atoms with van der Waals surface area (Å²) in [6.45, 7) is 3.06. The number of imidazole rings is 1. The van der Waals surface area contributed by atoms with Crippen LogP contribution in [0, 0.1) is 0 Å². The third-order valence-corrected chi connectivity index (χ3v) is 5.68. The molecule has 0 bridgehead atoms. The molecule has 2 aromatic carbocycles. The zero-order valence-corrected chi connectivity index (χ0v) is 18.4. The SMILES string of the molecule is COc1nc2c(C(N)=O)cccc2n1-c1nc2c(c(NCc3ccccc3)n1)COC(C)C2. The van der Waals surface area contributed by atoms with E-state index in [9.17, 15) is 4.79 Å². The third-order valence-electron chi connectivity index (χ3n) is 5.68. The number of rotatable bonds is 6. The zero-order chi connectivity index (χ0) is 22.9. The number of ether oxygens (including phenoxy) is 2. The van der Waals surface area contributed by atoms with Crippen molar-refractivity contribution in [3.63, 3.8) is 0 Å². The number of methoxy groups -OCH3 is 1. The second-order valence-corrected chi connectivity index (χ2v) is 7.93. The molecule has 3 heterocycles. The second-order valence-electron chi connectivity index (χ2n) is 7.93. The van der Waals surface area contributed by atoms with Crippen molar-refractivity contribution in [3.05, 3.63) is 70.9 Å². The van der Waals surface area contributed by atoms with Crippen LogP contribution in [0.3, 0.4) is 0 Å². The number of aromatic nitrogens is 4. The molecule has 5 rings (SSSR count). The van der Waals surface area contributed by atoms with Gasteiger partial charge >= 0.3 is 6.01 Å². The number of benzene rings is 2. The molecule has 1 atom stereocenters. The maximum atomic E-state index is 11.9. The molecule has 2 aromatic heterocycles. The van der Waals surface area contributed by atoms with Gasteiger partial charge in [-0.15, -0.1) is 0 Å². The highest BCUT2D eigenvalue weighted by Crippen LogP contribution is 2.31. The number of para-hydroxylation sites is 1. The van der Waals surface area contributed by atoms with Gasteiger partial charge in [0.25, 0.3) is 5.91 Å². The van der Waals surface area contributed by atoms with E-state index < -0.39 is 5.91 Å². The van der Waals surface area contributed by atoms with Crippen LogP contribution in [0.5, 0.6) is 6.01 Å². The Hall–Kier alpha value is -3.98. The zero-order valence-electron chi connectivity index (χ0n) is 18.4. The van der Waals surface area contributed by atoms with Gasteiger partial charge in [-0.1, -0.05) is 36.4 Å². The van der Waals surface area contributed by atoms with Crippen LogP contribution in [-0.4, -0.2) is 38.6 Å². The molecule has 0 fully saturated rings. The predicted molar refractivity (Wildman–Crippen MR) is 123 cm³/mol. The van der Waals surface area contributed by atoms with Crippen molar-refractivity contribution in [3.8, 4) is 12.0 Å². The lowest BCUT2D eigenvalue weighted by molar-refractivity contribution is 0.0398. The monoisotopic (exact) mass is 444 g/mol. The molecular weight excluding hydrogens is 420 g/mol. The summed E-state index contributed by atoms with van der Waals surface area (Å²) in [7, 11) is 1.52. The minimum absolute atomic E-state index is 0.0464. The largest absolute Gasteiger partial charge is 0.468 e. The van der Waals surface area contributed by atoms with Gasteiger partial charge in [0.05, 0.1) is 36.6 Å². The van der Waals surface area contributed by atoms with Gasteiger partial charge in [0, 0.05) is 18.5 Å². The number of amides is 1. The first-order chi connectivity index (χ1) is 16.0. The maximum Gasteiger partial charge on any atom is 0.304 e. The van der Waals surface area contributed by atoms with Crippen LogP contribution in [0.4, 0.5) is 5.82 Å². The molecule has 1 aliphatic heterocycles. The minimum atomic E-state index is -0.560. The molecule has 0 saturated carbocycles. The van der Waals surface area contributed by atoms with Crippen molar-refractivity contribution < 1.29 is 14.3 Å². The summed E-state index contributed by atoms with van der Waals surface area (Å²) in [5, 5.41) is 3.44. The van der Waals surface area contributed by atoms with E-state index in [1.54, 1.807) is 16.7 Å². The average molecular weight is 444 g/mol. The topological polar surface area (TPSA) is 117 Å². The van der Waals surface area contributed by atoms with Crippen molar-refractivity contribution in [2.45, 2.75) is 32.6 Å². The van der Waals surface area contributed by atoms with Gasteiger partial charge in [-0.2, -0.15) is 9.97 Å². The van der Waals surface area contributed by atoms with E-state index in [4.69, 9.17) is 25.2 Å². The number of carbonyl (C=O) groups is 1. The Morgan fingerprint density at radius 2 is 2.00 bits per heavy atom. The standard InChI is InChI=1S/C24H24N6O3/c1-14-11-18-17(13-33-14)22(26-12-15-7-4-3-5-8-15)29-23(27-18)30-19-10-6-9-16(21(25)31)20(19)28-24(30)32-2/h3-10,14H,11-13H2,1-2H3,(H2,25,31)(H,26,27,29). The highest BCUT2D eigenvalue weighted by molar-refractivity contribution is 6.04. The molecular formula is C24H24N6O3. The van der Waals surface area contributed by atoms with Gasteiger partial charge in [0.1, 0.15) is 11.3 Å². The first kappa shape index (κ1) is 20.9. The van der Waals surface area contributed by atoms with Crippen LogP contribution in [-0.2, 0) is 24.3 Å². The number of nitrogens with one attached hydrogen (secondary N) is 1. The van der Waals surface area contributed by atoms with Gasteiger partial charge in [0.2, 0.25) is 5.95 Å². The molecule has 9 heteroatoms. The Labute approximate surface area is 190 Å². The maximum absolute atomic E-state index is 11.9. The fraction of sp³-hybridized carbons (Fsp3) is 0.250. The third kappa shape index (κ3) is 3.87. The smallest absolute Gasteiger partial charge is 0.304 e. The summed E-state index contributed by atoms with van der Waals surface area (Å²) in [6.07, 6.45) is 0.705. The molecule has 0 radical (unpaired) electrons. The Bertz CT molecular complexity index is 1340. The fourth-order valence-electron chi connectivity index (χ4n) is 4.03. The number of hydrogen-bond acceptors (Lipinski definition) is 7. The molecule has 1 unspecified atom stereocenters. The predicted octanol–water partition coefficient (Wildman–Crippen LogP) is 3.00. The first-order valence-electron chi connectivity index (χ1n) is 10.7. The summed E-state index contributed by atoms with van der Waals surface area (Å²) in [5.41, 5.74) is 9.93. The number of carbonyl (C=O) groups excluding carboxylic acids is 1. The molecule has 33 heavy (non-hydrogen) atoms. The normalized spacial score (nSPS) is 15.3. The van der Waals surface area contributed by atoms with Gasteiger partial charge in [-0.3, -0.25) is 4.79 Å². The Kier molecular flexibility index (Phi) is 5.39. The quantitative estimate of drug-likeness (QED) is 0.469. The number of anilines is 1. The van der Waals surface area contributed by atoms with Gasteiger partial charge < -0.3 is 20.5 Å². The molecule has 1 amide bonds. The summed E-state index contributed by atoms with van der Waals surface area (Å²) < 4.78 is 13.1. The Balaban J connectivity index is 1.65. The molecule has 0 spiro atoms. The van der Waals surface area contributed by atoms with Gasteiger partial charge in [-0.05, 0) is 24.6 Å². The lowest BCUT2D eigenvalue weighted by Gasteiger charge is -2.24.